The van der Waals surface area contributed by atoms with Crippen LogP contribution in [0.15, 0.2) is 42.5 Å². The fourth-order valence-corrected chi connectivity index (χ4v) is 2.64. The Morgan fingerprint density at radius 2 is 1.87 bits per heavy atom. The van der Waals surface area contributed by atoms with Gasteiger partial charge < -0.3 is 19.5 Å². The number of alkyl halides is 3. The molecule has 0 saturated carbocycles. The zero-order valence-corrected chi connectivity index (χ0v) is 16.0. The van der Waals surface area contributed by atoms with E-state index in [4.69, 9.17) is 4.74 Å². The van der Waals surface area contributed by atoms with Crippen LogP contribution in [-0.4, -0.2) is 49.4 Å². The lowest BCUT2D eigenvalue weighted by atomic mass is 10.1. The van der Waals surface area contributed by atoms with Crippen molar-refractivity contribution in [1.82, 2.24) is 0 Å². The van der Waals surface area contributed by atoms with Crippen molar-refractivity contribution in [3.63, 3.8) is 0 Å². The largest absolute Gasteiger partial charge is 0.491 e. The van der Waals surface area contributed by atoms with Crippen molar-refractivity contribution < 1.29 is 37.5 Å². The second-order valence-corrected chi connectivity index (χ2v) is 6.32. The molecule has 0 fully saturated rings. The number of benzene rings is 2. The van der Waals surface area contributed by atoms with Gasteiger partial charge in [-0.15, -0.1) is 0 Å². The quantitative estimate of drug-likeness (QED) is 0.391. The number of nitro groups is 1. The molecule has 0 heterocycles. The van der Waals surface area contributed by atoms with E-state index in [1.807, 2.05) is 0 Å². The summed E-state index contributed by atoms with van der Waals surface area (Å²) in [5.74, 6) is -0.633. The molecule has 0 spiro atoms. The SMILES string of the molecule is COC(=O)c1cc([N+](=O)[O-])ccc1N(C)CC(O)COc1ccc(C(F)(F)F)cc1. The smallest absolute Gasteiger partial charge is 0.416 e. The van der Waals surface area contributed by atoms with Crippen LogP contribution in [0.3, 0.4) is 0 Å². The number of nitrogens with zero attached hydrogens (tertiary/aromatic N) is 2. The van der Waals surface area contributed by atoms with E-state index in [1.165, 1.54) is 17.0 Å². The lowest BCUT2D eigenvalue weighted by Crippen LogP contribution is -2.34. The minimum absolute atomic E-state index is 0.0254. The van der Waals surface area contributed by atoms with Crippen LogP contribution in [-0.2, 0) is 10.9 Å². The number of halogens is 3. The summed E-state index contributed by atoms with van der Waals surface area (Å²) >= 11 is 0. The Bertz CT molecular complexity index is 902. The van der Waals surface area contributed by atoms with E-state index < -0.39 is 28.7 Å². The second kappa shape index (κ2) is 9.44. The molecular weight excluding hydrogens is 409 g/mol. The zero-order chi connectivity index (χ0) is 22.5. The highest BCUT2D eigenvalue weighted by Crippen LogP contribution is 2.30. The maximum absolute atomic E-state index is 12.6. The van der Waals surface area contributed by atoms with Gasteiger partial charge >= 0.3 is 12.1 Å². The monoisotopic (exact) mass is 428 g/mol. The zero-order valence-electron chi connectivity index (χ0n) is 16.0. The highest BCUT2D eigenvalue weighted by Gasteiger charge is 2.30. The predicted molar refractivity (Wildman–Crippen MR) is 101 cm³/mol. The van der Waals surface area contributed by atoms with E-state index in [0.29, 0.717) is 5.69 Å². The first kappa shape index (κ1) is 22.9. The van der Waals surface area contributed by atoms with Gasteiger partial charge in [-0.25, -0.2) is 4.79 Å². The molecule has 0 aliphatic heterocycles. The number of rotatable bonds is 8. The number of non-ortho nitro benzene ring substituents is 1. The summed E-state index contributed by atoms with van der Waals surface area (Å²) in [4.78, 5) is 23.7. The van der Waals surface area contributed by atoms with Crippen LogP contribution in [0.5, 0.6) is 5.75 Å². The summed E-state index contributed by atoms with van der Waals surface area (Å²) in [5, 5.41) is 21.1. The number of aliphatic hydroxyl groups is 1. The highest BCUT2D eigenvalue weighted by molar-refractivity contribution is 5.96. The summed E-state index contributed by atoms with van der Waals surface area (Å²) in [6.07, 6.45) is -5.53. The molecule has 2 aromatic carbocycles. The van der Waals surface area contributed by atoms with Gasteiger partial charge in [0.25, 0.3) is 5.69 Å². The van der Waals surface area contributed by atoms with Gasteiger partial charge in [-0.3, -0.25) is 10.1 Å². The first-order chi connectivity index (χ1) is 14.0. The minimum Gasteiger partial charge on any atom is -0.491 e. The first-order valence-corrected chi connectivity index (χ1v) is 8.59. The molecule has 0 aliphatic carbocycles. The predicted octanol–water partition coefficient (Wildman–Crippen LogP) is 3.28. The van der Waals surface area contributed by atoms with Crippen molar-refractivity contribution in [3.8, 4) is 5.75 Å². The molecule has 1 N–H and O–H groups in total. The van der Waals surface area contributed by atoms with Crippen LogP contribution in [0.4, 0.5) is 24.5 Å². The molecule has 2 aromatic rings. The Labute approximate surface area is 169 Å². The Morgan fingerprint density at radius 1 is 1.23 bits per heavy atom. The van der Waals surface area contributed by atoms with Crippen molar-refractivity contribution in [3.05, 3.63) is 63.7 Å². The standard InChI is InChI=1S/C19H19F3N2O6/c1-23(17-8-5-13(24(27)28)9-16(17)18(26)29-2)10-14(25)11-30-15-6-3-12(4-7-15)19(20,21)22/h3-9,14,25H,10-11H2,1-2H3. The van der Waals surface area contributed by atoms with Gasteiger partial charge in [0.2, 0.25) is 0 Å². The molecule has 0 radical (unpaired) electrons. The Morgan fingerprint density at radius 3 is 2.40 bits per heavy atom. The van der Waals surface area contributed by atoms with E-state index in [-0.39, 0.29) is 30.2 Å². The third-order valence-corrected chi connectivity index (χ3v) is 4.12. The summed E-state index contributed by atoms with van der Waals surface area (Å²) in [7, 11) is 2.69. The molecule has 0 aromatic heterocycles. The van der Waals surface area contributed by atoms with Crippen LogP contribution in [0.2, 0.25) is 0 Å². The van der Waals surface area contributed by atoms with Crippen LogP contribution < -0.4 is 9.64 Å². The molecule has 0 aliphatic rings. The lowest BCUT2D eigenvalue weighted by molar-refractivity contribution is -0.384. The fourth-order valence-electron chi connectivity index (χ4n) is 2.64. The lowest BCUT2D eigenvalue weighted by Gasteiger charge is -2.24. The fraction of sp³-hybridized carbons (Fsp3) is 0.316. The van der Waals surface area contributed by atoms with Crippen LogP contribution in [0.1, 0.15) is 15.9 Å². The number of carbonyl (C=O) groups excluding carboxylic acids is 1. The van der Waals surface area contributed by atoms with Crippen LogP contribution in [0.25, 0.3) is 0 Å². The third-order valence-electron chi connectivity index (χ3n) is 4.12. The van der Waals surface area contributed by atoms with Gasteiger partial charge in [-0.05, 0) is 30.3 Å². The Balaban J connectivity index is 2.04. The van der Waals surface area contributed by atoms with Crippen LogP contribution >= 0.6 is 0 Å². The topological polar surface area (TPSA) is 102 Å². The van der Waals surface area contributed by atoms with Crippen LogP contribution in [0, 0.1) is 10.1 Å². The Hall–Kier alpha value is -3.34. The van der Waals surface area contributed by atoms with Gasteiger partial charge in [0, 0.05) is 25.7 Å². The van der Waals surface area contributed by atoms with Crippen molar-refractivity contribution in [2.45, 2.75) is 12.3 Å². The maximum atomic E-state index is 12.6. The van der Waals surface area contributed by atoms with Gasteiger partial charge in [0.05, 0.1) is 28.8 Å². The third kappa shape index (κ3) is 5.83. The summed E-state index contributed by atoms with van der Waals surface area (Å²) in [6, 6.07) is 7.66. The number of methoxy groups -OCH3 is 1. The average Bonchev–Trinajstić information content (AvgIpc) is 2.70. The molecule has 0 saturated heterocycles. The van der Waals surface area contributed by atoms with Crippen molar-refractivity contribution in [2.75, 3.05) is 32.2 Å². The summed E-state index contributed by atoms with van der Waals surface area (Å²) in [6.45, 7) is -0.251. The first-order valence-electron chi connectivity index (χ1n) is 8.59. The van der Waals surface area contributed by atoms with E-state index >= 15 is 0 Å². The molecule has 2 rings (SSSR count). The number of esters is 1. The molecule has 1 atom stereocenters. The van der Waals surface area contributed by atoms with Crippen molar-refractivity contribution in [1.29, 1.82) is 0 Å². The molecule has 0 bridgehead atoms. The van der Waals surface area contributed by atoms with E-state index in [1.54, 1.807) is 7.05 Å². The number of aliphatic hydroxyl groups excluding tert-OH is 1. The molecule has 30 heavy (non-hydrogen) atoms. The number of nitro benzene ring substituents is 1. The average molecular weight is 428 g/mol. The van der Waals surface area contributed by atoms with Gasteiger partial charge in [-0.2, -0.15) is 13.2 Å². The molecule has 8 nitrogen and oxygen atoms in total. The second-order valence-electron chi connectivity index (χ2n) is 6.32. The number of hydrogen-bond donors (Lipinski definition) is 1. The number of hydrogen-bond acceptors (Lipinski definition) is 7. The van der Waals surface area contributed by atoms with Gasteiger partial charge in [-0.1, -0.05) is 0 Å². The number of carbonyl (C=O) groups is 1. The molecule has 162 valence electrons. The summed E-state index contributed by atoms with van der Waals surface area (Å²) in [5.41, 5.74) is -0.867. The van der Waals surface area contributed by atoms with E-state index in [0.717, 1.165) is 37.4 Å². The normalized spacial score (nSPS) is 12.2. The van der Waals surface area contributed by atoms with Crippen molar-refractivity contribution in [2.24, 2.45) is 0 Å². The molecular formula is C19H19F3N2O6. The summed E-state index contributed by atoms with van der Waals surface area (Å²) < 4.78 is 47.6. The molecule has 11 heteroatoms. The highest BCUT2D eigenvalue weighted by atomic mass is 19.4. The maximum Gasteiger partial charge on any atom is 0.416 e. The van der Waals surface area contributed by atoms with Gasteiger partial charge in [0.15, 0.2) is 0 Å². The molecule has 1 unspecified atom stereocenters. The van der Waals surface area contributed by atoms with Crippen molar-refractivity contribution >= 4 is 17.3 Å². The number of ether oxygens (including phenoxy) is 2. The number of likely N-dealkylation sites (N-methyl/N-ethyl adjacent to an activating group) is 1. The van der Waals surface area contributed by atoms with Gasteiger partial charge in [0.1, 0.15) is 18.5 Å². The Kier molecular flexibility index (Phi) is 7.22. The minimum atomic E-state index is -4.46. The van der Waals surface area contributed by atoms with E-state index in [9.17, 15) is 33.2 Å². The number of anilines is 1. The molecule has 0 amide bonds. The van der Waals surface area contributed by atoms with E-state index in [2.05, 4.69) is 4.74 Å².